The van der Waals surface area contributed by atoms with Gasteiger partial charge in [0.15, 0.2) is 0 Å². The van der Waals surface area contributed by atoms with Crippen LogP contribution in [0.15, 0.2) is 22.7 Å². The van der Waals surface area contributed by atoms with Crippen molar-refractivity contribution >= 4 is 27.6 Å². The smallest absolute Gasteiger partial charge is 0.313 e. The number of halogens is 1. The first kappa shape index (κ1) is 13.4. The Morgan fingerprint density at radius 2 is 2.22 bits per heavy atom. The number of hydrogen-bond donors (Lipinski definition) is 1. The van der Waals surface area contributed by atoms with E-state index >= 15 is 0 Å². The fourth-order valence-electron chi connectivity index (χ4n) is 2.25. The van der Waals surface area contributed by atoms with E-state index in [0.717, 1.165) is 29.4 Å². The van der Waals surface area contributed by atoms with Crippen LogP contribution >= 0.6 is 15.9 Å². The summed E-state index contributed by atoms with van der Waals surface area (Å²) >= 11 is 3.51. The van der Waals surface area contributed by atoms with Crippen LogP contribution < -0.4 is 5.32 Å². The minimum absolute atomic E-state index is 0.0903. The van der Waals surface area contributed by atoms with Gasteiger partial charge in [0.2, 0.25) is 0 Å². The van der Waals surface area contributed by atoms with Crippen molar-refractivity contribution in [2.75, 3.05) is 19.0 Å². The number of anilines is 1. The van der Waals surface area contributed by atoms with Gasteiger partial charge >= 0.3 is 5.97 Å². The lowest BCUT2D eigenvalue weighted by Crippen LogP contribution is -2.44. The number of ether oxygens (including phenoxy) is 1. The number of methoxy groups -OCH3 is 1. The second-order valence-electron chi connectivity index (χ2n) is 4.94. The molecule has 0 aromatic heterocycles. The average Bonchev–Trinajstić information content (AvgIpc) is 2.31. The van der Waals surface area contributed by atoms with Gasteiger partial charge in [-0.05, 0) is 37.5 Å². The highest BCUT2D eigenvalue weighted by molar-refractivity contribution is 9.10. The molecule has 18 heavy (non-hydrogen) atoms. The standard InChI is InChI=1S/C14H18BrNO2/c1-10-4-5-11(8-12(10)15)16-9-14(6-3-7-14)13(17)18-2/h4-5,8,16H,3,6-7,9H2,1-2H3. The molecule has 1 saturated carbocycles. The first-order valence-electron chi connectivity index (χ1n) is 6.16. The summed E-state index contributed by atoms with van der Waals surface area (Å²) in [5.74, 6) is -0.0903. The van der Waals surface area contributed by atoms with Gasteiger partial charge in [0.1, 0.15) is 0 Å². The Hall–Kier alpha value is -1.03. The molecule has 3 nitrogen and oxygen atoms in total. The SMILES string of the molecule is COC(=O)C1(CNc2ccc(C)c(Br)c2)CCC1. The zero-order valence-corrected chi connectivity index (χ0v) is 12.3. The van der Waals surface area contributed by atoms with Crippen molar-refractivity contribution in [2.24, 2.45) is 5.41 Å². The Kier molecular flexibility index (Phi) is 3.95. The fourth-order valence-corrected chi connectivity index (χ4v) is 2.63. The molecule has 0 spiro atoms. The van der Waals surface area contributed by atoms with E-state index in [4.69, 9.17) is 4.74 Å². The molecule has 0 bridgehead atoms. The molecule has 0 aliphatic heterocycles. The number of aryl methyl sites for hydroxylation is 1. The highest BCUT2D eigenvalue weighted by Crippen LogP contribution is 2.42. The molecule has 0 atom stereocenters. The summed E-state index contributed by atoms with van der Waals surface area (Å²) in [6, 6.07) is 6.13. The fraction of sp³-hybridized carbons (Fsp3) is 0.500. The Morgan fingerprint density at radius 1 is 1.50 bits per heavy atom. The van der Waals surface area contributed by atoms with Gasteiger partial charge in [-0.3, -0.25) is 4.79 Å². The van der Waals surface area contributed by atoms with Gasteiger partial charge in [-0.15, -0.1) is 0 Å². The van der Waals surface area contributed by atoms with Gasteiger partial charge in [0, 0.05) is 16.7 Å². The maximum absolute atomic E-state index is 11.8. The number of carbonyl (C=O) groups excluding carboxylic acids is 1. The van der Waals surface area contributed by atoms with E-state index in [1.54, 1.807) is 0 Å². The van der Waals surface area contributed by atoms with Crippen LogP contribution in [0.5, 0.6) is 0 Å². The Morgan fingerprint density at radius 3 is 2.72 bits per heavy atom. The molecule has 0 amide bonds. The van der Waals surface area contributed by atoms with E-state index in [2.05, 4.69) is 34.2 Å². The lowest BCUT2D eigenvalue weighted by molar-refractivity contribution is -0.157. The van der Waals surface area contributed by atoms with Crippen LogP contribution in [0, 0.1) is 12.3 Å². The van der Waals surface area contributed by atoms with Crippen LogP contribution in [0.4, 0.5) is 5.69 Å². The number of nitrogens with one attached hydrogen (secondary N) is 1. The van der Waals surface area contributed by atoms with Crippen LogP contribution in [0.25, 0.3) is 0 Å². The van der Waals surface area contributed by atoms with Crippen LogP contribution in [0.2, 0.25) is 0 Å². The number of benzene rings is 1. The van der Waals surface area contributed by atoms with Gasteiger partial charge < -0.3 is 10.1 Å². The number of esters is 1. The first-order valence-corrected chi connectivity index (χ1v) is 6.95. The zero-order valence-electron chi connectivity index (χ0n) is 10.8. The summed E-state index contributed by atoms with van der Waals surface area (Å²) in [5, 5.41) is 3.34. The van der Waals surface area contributed by atoms with Gasteiger partial charge in [0.05, 0.1) is 12.5 Å². The third kappa shape index (κ3) is 2.53. The maximum atomic E-state index is 11.8. The Balaban J connectivity index is 2.02. The minimum Gasteiger partial charge on any atom is -0.469 e. The van der Waals surface area contributed by atoms with Gasteiger partial charge in [-0.25, -0.2) is 0 Å². The predicted octanol–water partition coefficient (Wildman–Crippen LogP) is 3.51. The van der Waals surface area contributed by atoms with E-state index in [9.17, 15) is 4.79 Å². The summed E-state index contributed by atoms with van der Waals surface area (Å²) in [6.45, 7) is 2.70. The van der Waals surface area contributed by atoms with E-state index in [1.165, 1.54) is 12.7 Å². The quantitative estimate of drug-likeness (QED) is 0.865. The maximum Gasteiger partial charge on any atom is 0.313 e. The van der Waals surface area contributed by atoms with Crippen molar-refractivity contribution in [3.05, 3.63) is 28.2 Å². The van der Waals surface area contributed by atoms with E-state index in [0.29, 0.717) is 6.54 Å². The van der Waals surface area contributed by atoms with Crippen LogP contribution in [0.1, 0.15) is 24.8 Å². The Bertz CT molecular complexity index is 455. The predicted molar refractivity (Wildman–Crippen MR) is 75.7 cm³/mol. The molecule has 0 saturated heterocycles. The molecule has 1 aromatic rings. The largest absolute Gasteiger partial charge is 0.469 e. The summed E-state index contributed by atoms with van der Waals surface area (Å²) < 4.78 is 5.98. The Labute approximate surface area is 116 Å². The highest BCUT2D eigenvalue weighted by Gasteiger charge is 2.45. The van der Waals surface area contributed by atoms with Crippen molar-refractivity contribution in [1.29, 1.82) is 0 Å². The normalized spacial score (nSPS) is 16.8. The summed E-state index contributed by atoms with van der Waals surface area (Å²) in [6.07, 6.45) is 2.94. The molecule has 4 heteroatoms. The molecule has 1 N–H and O–H groups in total. The van der Waals surface area contributed by atoms with Crippen molar-refractivity contribution in [1.82, 2.24) is 0 Å². The molecule has 1 fully saturated rings. The van der Waals surface area contributed by atoms with Gasteiger partial charge in [0.25, 0.3) is 0 Å². The monoisotopic (exact) mass is 311 g/mol. The average molecular weight is 312 g/mol. The van der Waals surface area contributed by atoms with E-state index < -0.39 is 0 Å². The van der Waals surface area contributed by atoms with Gasteiger partial charge in [-0.1, -0.05) is 28.4 Å². The minimum atomic E-state index is -0.313. The molecular weight excluding hydrogens is 294 g/mol. The number of rotatable bonds is 4. The van der Waals surface area contributed by atoms with Crippen LogP contribution in [-0.2, 0) is 9.53 Å². The molecular formula is C14H18BrNO2. The third-order valence-electron chi connectivity index (χ3n) is 3.73. The van der Waals surface area contributed by atoms with Crippen molar-refractivity contribution < 1.29 is 9.53 Å². The number of carbonyl (C=O) groups is 1. The van der Waals surface area contributed by atoms with E-state index in [-0.39, 0.29) is 11.4 Å². The summed E-state index contributed by atoms with van der Waals surface area (Å²) in [5.41, 5.74) is 1.92. The summed E-state index contributed by atoms with van der Waals surface area (Å²) in [4.78, 5) is 11.8. The van der Waals surface area contributed by atoms with Crippen molar-refractivity contribution in [2.45, 2.75) is 26.2 Å². The number of hydrogen-bond acceptors (Lipinski definition) is 3. The topological polar surface area (TPSA) is 38.3 Å². The molecule has 1 aliphatic rings. The van der Waals surface area contributed by atoms with Crippen molar-refractivity contribution in [3.8, 4) is 0 Å². The van der Waals surface area contributed by atoms with Crippen LogP contribution in [-0.4, -0.2) is 19.6 Å². The molecule has 0 radical (unpaired) electrons. The molecule has 1 aliphatic carbocycles. The third-order valence-corrected chi connectivity index (χ3v) is 4.59. The highest BCUT2D eigenvalue weighted by atomic mass is 79.9. The lowest BCUT2D eigenvalue weighted by atomic mass is 9.68. The lowest BCUT2D eigenvalue weighted by Gasteiger charge is -2.39. The molecule has 2 rings (SSSR count). The molecule has 1 aromatic carbocycles. The molecule has 98 valence electrons. The van der Waals surface area contributed by atoms with Gasteiger partial charge in [-0.2, -0.15) is 0 Å². The van der Waals surface area contributed by atoms with E-state index in [1.807, 2.05) is 12.1 Å². The van der Waals surface area contributed by atoms with Crippen LogP contribution in [0.3, 0.4) is 0 Å². The van der Waals surface area contributed by atoms with Crippen molar-refractivity contribution in [3.63, 3.8) is 0 Å². The summed E-state index contributed by atoms with van der Waals surface area (Å²) in [7, 11) is 1.46. The zero-order chi connectivity index (χ0) is 13.2. The first-order chi connectivity index (χ1) is 8.57. The second kappa shape index (κ2) is 5.31. The molecule has 0 heterocycles. The molecule has 0 unspecified atom stereocenters. The second-order valence-corrected chi connectivity index (χ2v) is 5.80.